The first-order chi connectivity index (χ1) is 8.65. The Hall–Kier alpha value is -0.290. The number of nitrogens with one attached hydrogen (secondary N) is 1. The van der Waals surface area contributed by atoms with E-state index in [1.807, 2.05) is 25.1 Å². The molecule has 5 heteroatoms. The Balaban J connectivity index is 1.96. The second kappa shape index (κ2) is 6.24. The molecular weight excluding hydrogens is 318 g/mol. The minimum absolute atomic E-state index is 0.104. The van der Waals surface area contributed by atoms with Crippen molar-refractivity contribution in [3.8, 4) is 0 Å². The molecule has 1 aliphatic carbocycles. The van der Waals surface area contributed by atoms with E-state index in [1.165, 1.54) is 0 Å². The molecule has 0 aromatic heterocycles. The summed E-state index contributed by atoms with van der Waals surface area (Å²) in [7, 11) is 1.72. The number of methoxy groups -OCH3 is 1. The third kappa shape index (κ3) is 2.99. The van der Waals surface area contributed by atoms with Crippen LogP contribution in [-0.4, -0.2) is 32.0 Å². The van der Waals surface area contributed by atoms with Gasteiger partial charge in [0, 0.05) is 23.9 Å². The molecule has 3 atom stereocenters. The number of ether oxygens (including phenoxy) is 2. The first-order valence-corrected chi connectivity index (χ1v) is 7.18. The van der Waals surface area contributed by atoms with Gasteiger partial charge in [-0.2, -0.15) is 0 Å². The van der Waals surface area contributed by atoms with Gasteiger partial charge in [0.2, 0.25) is 0 Å². The Morgan fingerprint density at radius 2 is 2.28 bits per heavy atom. The van der Waals surface area contributed by atoms with Gasteiger partial charge in [-0.1, -0.05) is 11.6 Å². The van der Waals surface area contributed by atoms with Crippen molar-refractivity contribution < 1.29 is 9.47 Å². The van der Waals surface area contributed by atoms with Crippen LogP contribution in [0.15, 0.2) is 22.7 Å². The summed E-state index contributed by atoms with van der Waals surface area (Å²) in [6.45, 7) is 2.73. The molecule has 0 aliphatic heterocycles. The van der Waals surface area contributed by atoms with Crippen molar-refractivity contribution in [3.63, 3.8) is 0 Å². The van der Waals surface area contributed by atoms with Crippen LogP contribution < -0.4 is 5.32 Å². The lowest BCUT2D eigenvalue weighted by Gasteiger charge is -2.43. The highest BCUT2D eigenvalue weighted by atomic mass is 79.9. The fourth-order valence-corrected chi connectivity index (χ4v) is 2.64. The zero-order chi connectivity index (χ0) is 13.1. The van der Waals surface area contributed by atoms with Gasteiger partial charge in [0.05, 0.1) is 17.2 Å². The summed E-state index contributed by atoms with van der Waals surface area (Å²) >= 11 is 9.44. The van der Waals surface area contributed by atoms with Crippen molar-refractivity contribution in [1.82, 2.24) is 0 Å². The Kier molecular flexibility index (Phi) is 4.90. The quantitative estimate of drug-likeness (QED) is 0.890. The molecule has 0 bridgehead atoms. The van der Waals surface area contributed by atoms with E-state index in [-0.39, 0.29) is 18.2 Å². The summed E-state index contributed by atoms with van der Waals surface area (Å²) in [6.07, 6.45) is 1.26. The van der Waals surface area contributed by atoms with Crippen LogP contribution in [0.5, 0.6) is 0 Å². The fourth-order valence-electron chi connectivity index (χ4n) is 2.22. The molecule has 0 heterocycles. The first-order valence-electron chi connectivity index (χ1n) is 6.01. The first kappa shape index (κ1) is 14.1. The molecule has 1 fully saturated rings. The van der Waals surface area contributed by atoms with Gasteiger partial charge in [0.1, 0.15) is 6.10 Å². The molecule has 0 spiro atoms. The van der Waals surface area contributed by atoms with Crippen LogP contribution in [0.3, 0.4) is 0 Å². The highest BCUT2D eigenvalue weighted by Crippen LogP contribution is 2.32. The normalized spacial score (nSPS) is 26.8. The number of benzene rings is 1. The highest BCUT2D eigenvalue weighted by molar-refractivity contribution is 9.10. The maximum Gasteiger partial charge on any atom is 0.103 e. The van der Waals surface area contributed by atoms with Crippen molar-refractivity contribution in [3.05, 3.63) is 27.7 Å². The number of hydrogen-bond acceptors (Lipinski definition) is 3. The van der Waals surface area contributed by atoms with Gasteiger partial charge < -0.3 is 14.8 Å². The zero-order valence-corrected chi connectivity index (χ0v) is 12.8. The maximum absolute atomic E-state index is 6.06. The lowest BCUT2D eigenvalue weighted by atomic mass is 9.85. The lowest BCUT2D eigenvalue weighted by Crippen LogP contribution is -2.56. The van der Waals surface area contributed by atoms with E-state index in [0.29, 0.717) is 5.02 Å². The third-order valence-corrected chi connectivity index (χ3v) is 4.41. The van der Waals surface area contributed by atoms with Gasteiger partial charge in [-0.15, -0.1) is 0 Å². The summed E-state index contributed by atoms with van der Waals surface area (Å²) in [6, 6.07) is 6.12. The second-order valence-corrected chi connectivity index (χ2v) is 5.57. The van der Waals surface area contributed by atoms with Crippen molar-refractivity contribution in [2.24, 2.45) is 0 Å². The molecule has 1 aromatic rings. The van der Waals surface area contributed by atoms with Crippen LogP contribution in [0, 0.1) is 0 Å². The van der Waals surface area contributed by atoms with Gasteiger partial charge in [0.15, 0.2) is 0 Å². The highest BCUT2D eigenvalue weighted by Gasteiger charge is 2.42. The summed E-state index contributed by atoms with van der Waals surface area (Å²) in [5, 5.41) is 4.13. The summed E-state index contributed by atoms with van der Waals surface area (Å²) in [5.41, 5.74) is 1.00. The molecule has 1 aromatic carbocycles. The predicted molar refractivity (Wildman–Crippen MR) is 77.4 cm³/mol. The molecule has 2 rings (SSSR count). The summed E-state index contributed by atoms with van der Waals surface area (Å²) in [4.78, 5) is 0. The molecule has 0 saturated heterocycles. The SMILES string of the molecule is CCOC1CC(Nc2ccc(Br)c(Cl)c2)C1OC. The van der Waals surface area contributed by atoms with Crippen LogP contribution in [-0.2, 0) is 9.47 Å². The van der Waals surface area contributed by atoms with Gasteiger partial charge >= 0.3 is 0 Å². The maximum atomic E-state index is 6.06. The molecule has 0 amide bonds. The lowest BCUT2D eigenvalue weighted by molar-refractivity contribution is -0.118. The van der Waals surface area contributed by atoms with Crippen molar-refractivity contribution in [1.29, 1.82) is 0 Å². The average Bonchev–Trinajstić information content (AvgIpc) is 2.32. The molecule has 3 unspecified atom stereocenters. The van der Waals surface area contributed by atoms with E-state index in [2.05, 4.69) is 21.2 Å². The van der Waals surface area contributed by atoms with E-state index in [9.17, 15) is 0 Å². The average molecular weight is 335 g/mol. The van der Waals surface area contributed by atoms with E-state index in [1.54, 1.807) is 7.11 Å². The summed E-state index contributed by atoms with van der Waals surface area (Å²) in [5.74, 6) is 0. The van der Waals surface area contributed by atoms with Crippen LogP contribution >= 0.6 is 27.5 Å². The Morgan fingerprint density at radius 1 is 1.50 bits per heavy atom. The Morgan fingerprint density at radius 3 is 2.89 bits per heavy atom. The molecule has 18 heavy (non-hydrogen) atoms. The minimum atomic E-state index is 0.104. The second-order valence-electron chi connectivity index (χ2n) is 4.31. The standard InChI is InChI=1S/C13H17BrClNO2/c1-3-18-12-7-11(13(12)17-2)16-8-4-5-9(14)10(15)6-8/h4-6,11-13,16H,3,7H2,1-2H3. The molecular formula is C13H17BrClNO2. The zero-order valence-electron chi connectivity index (χ0n) is 10.5. The van der Waals surface area contributed by atoms with Gasteiger partial charge in [-0.3, -0.25) is 0 Å². The molecule has 0 radical (unpaired) electrons. The number of hydrogen-bond donors (Lipinski definition) is 1. The van der Waals surface area contributed by atoms with Gasteiger partial charge in [0.25, 0.3) is 0 Å². The topological polar surface area (TPSA) is 30.5 Å². The van der Waals surface area contributed by atoms with E-state index in [0.717, 1.165) is 23.2 Å². The minimum Gasteiger partial charge on any atom is -0.379 e. The monoisotopic (exact) mass is 333 g/mol. The van der Waals surface area contributed by atoms with E-state index in [4.69, 9.17) is 21.1 Å². The molecule has 1 saturated carbocycles. The van der Waals surface area contributed by atoms with Crippen LogP contribution in [0.25, 0.3) is 0 Å². The summed E-state index contributed by atoms with van der Waals surface area (Å²) < 4.78 is 12.0. The van der Waals surface area contributed by atoms with Crippen molar-refractivity contribution in [2.45, 2.75) is 31.6 Å². The molecule has 100 valence electrons. The van der Waals surface area contributed by atoms with Gasteiger partial charge in [-0.25, -0.2) is 0 Å². The van der Waals surface area contributed by atoms with E-state index < -0.39 is 0 Å². The number of anilines is 1. The Bertz CT molecular complexity index is 416. The predicted octanol–water partition coefficient (Wildman–Crippen LogP) is 3.71. The third-order valence-electron chi connectivity index (χ3n) is 3.17. The largest absolute Gasteiger partial charge is 0.379 e. The fraction of sp³-hybridized carbons (Fsp3) is 0.538. The smallest absolute Gasteiger partial charge is 0.103 e. The Labute approximate surface area is 121 Å². The number of rotatable bonds is 5. The molecule has 1 N–H and O–H groups in total. The van der Waals surface area contributed by atoms with Crippen LogP contribution in [0.2, 0.25) is 5.02 Å². The number of halogens is 2. The van der Waals surface area contributed by atoms with Gasteiger partial charge in [-0.05, 0) is 47.5 Å². The van der Waals surface area contributed by atoms with Crippen molar-refractivity contribution in [2.75, 3.05) is 19.0 Å². The van der Waals surface area contributed by atoms with Crippen molar-refractivity contribution >= 4 is 33.2 Å². The van der Waals surface area contributed by atoms with Crippen LogP contribution in [0.4, 0.5) is 5.69 Å². The molecule has 3 nitrogen and oxygen atoms in total. The van der Waals surface area contributed by atoms with E-state index >= 15 is 0 Å². The molecule has 1 aliphatic rings. The van der Waals surface area contributed by atoms with Crippen LogP contribution in [0.1, 0.15) is 13.3 Å².